The summed E-state index contributed by atoms with van der Waals surface area (Å²) in [5.41, 5.74) is 1.34. The van der Waals surface area contributed by atoms with E-state index in [1.807, 2.05) is 6.20 Å². The molecule has 0 saturated heterocycles. The van der Waals surface area contributed by atoms with E-state index in [9.17, 15) is 0 Å². The minimum Gasteiger partial charge on any atom is -0.473 e. The Kier molecular flexibility index (Phi) is 4.16. The Labute approximate surface area is 127 Å². The van der Waals surface area contributed by atoms with Crippen LogP contribution in [-0.4, -0.2) is 22.1 Å². The number of hydrogen-bond donors (Lipinski definition) is 1. The lowest BCUT2D eigenvalue weighted by molar-refractivity contribution is 0.0528. The van der Waals surface area contributed by atoms with Gasteiger partial charge in [-0.15, -0.1) is 0 Å². The van der Waals surface area contributed by atoms with Crippen LogP contribution in [0.4, 0.5) is 0 Å². The van der Waals surface area contributed by atoms with Crippen LogP contribution in [0.1, 0.15) is 58.6 Å². The molecular weight excluding hydrogens is 262 g/mol. The molecule has 2 unspecified atom stereocenters. The van der Waals surface area contributed by atoms with Crippen molar-refractivity contribution >= 4 is 0 Å². The van der Waals surface area contributed by atoms with Gasteiger partial charge in [0, 0.05) is 18.8 Å². The van der Waals surface area contributed by atoms with Gasteiger partial charge in [0.15, 0.2) is 0 Å². The number of nitrogens with zero attached hydrogens (tertiary/aromatic N) is 2. The molecule has 0 aromatic carbocycles. The average Bonchev–Trinajstić information content (AvgIpc) is 3.18. The summed E-state index contributed by atoms with van der Waals surface area (Å²) in [5.74, 6) is 1.39. The lowest BCUT2D eigenvalue weighted by atomic mass is 9.71. The van der Waals surface area contributed by atoms with Crippen molar-refractivity contribution in [2.24, 2.45) is 11.3 Å². The van der Waals surface area contributed by atoms with Crippen LogP contribution in [0.2, 0.25) is 0 Å². The molecule has 1 aromatic rings. The molecular formula is C17H27N3O. The summed E-state index contributed by atoms with van der Waals surface area (Å²) in [6, 6.07) is 0.691. The predicted octanol–water partition coefficient (Wildman–Crippen LogP) is 3.32. The fourth-order valence-electron chi connectivity index (χ4n) is 3.58. The normalized spacial score (nSPS) is 28.3. The Hall–Kier alpha value is -1.16. The van der Waals surface area contributed by atoms with Crippen molar-refractivity contribution in [1.29, 1.82) is 0 Å². The molecule has 4 heteroatoms. The highest BCUT2D eigenvalue weighted by atomic mass is 16.5. The third kappa shape index (κ3) is 4.40. The van der Waals surface area contributed by atoms with Crippen molar-refractivity contribution < 1.29 is 4.74 Å². The Morgan fingerprint density at radius 2 is 2.10 bits per heavy atom. The van der Waals surface area contributed by atoms with E-state index in [1.165, 1.54) is 19.3 Å². The first-order chi connectivity index (χ1) is 10.00. The lowest BCUT2D eigenvalue weighted by Gasteiger charge is -2.38. The summed E-state index contributed by atoms with van der Waals surface area (Å²) >= 11 is 0. The number of nitrogens with one attached hydrogen (secondary N) is 1. The Morgan fingerprint density at radius 1 is 1.29 bits per heavy atom. The van der Waals surface area contributed by atoms with E-state index >= 15 is 0 Å². The molecule has 0 radical (unpaired) electrons. The molecule has 0 aliphatic heterocycles. The molecule has 0 spiro atoms. The maximum atomic E-state index is 6.12. The second kappa shape index (κ2) is 5.91. The van der Waals surface area contributed by atoms with E-state index < -0.39 is 0 Å². The fourth-order valence-corrected chi connectivity index (χ4v) is 3.58. The van der Waals surface area contributed by atoms with Crippen LogP contribution in [0, 0.1) is 11.3 Å². The third-order valence-electron chi connectivity index (χ3n) is 4.45. The van der Waals surface area contributed by atoms with Crippen LogP contribution in [0.25, 0.3) is 0 Å². The summed E-state index contributed by atoms with van der Waals surface area (Å²) in [6.07, 6.45) is 9.92. The molecule has 2 saturated carbocycles. The molecule has 0 bridgehead atoms. The zero-order valence-electron chi connectivity index (χ0n) is 13.4. The van der Waals surface area contributed by atoms with Crippen molar-refractivity contribution in [3.8, 4) is 5.88 Å². The quantitative estimate of drug-likeness (QED) is 0.903. The van der Waals surface area contributed by atoms with Gasteiger partial charge in [0.2, 0.25) is 5.88 Å². The number of ether oxygens (including phenoxy) is 1. The molecule has 2 aliphatic rings. The van der Waals surface area contributed by atoms with Gasteiger partial charge in [0.25, 0.3) is 0 Å². The molecule has 0 amide bonds. The Morgan fingerprint density at radius 3 is 2.81 bits per heavy atom. The molecule has 1 heterocycles. The van der Waals surface area contributed by atoms with E-state index in [0.29, 0.717) is 23.3 Å². The Bertz CT molecular complexity index is 485. The van der Waals surface area contributed by atoms with Gasteiger partial charge in [-0.25, -0.2) is 4.98 Å². The fraction of sp³-hybridized carbons (Fsp3) is 0.765. The van der Waals surface area contributed by atoms with Gasteiger partial charge in [0.05, 0.1) is 11.9 Å². The van der Waals surface area contributed by atoms with Crippen LogP contribution in [0.15, 0.2) is 12.4 Å². The van der Waals surface area contributed by atoms with E-state index in [1.54, 1.807) is 6.20 Å². The number of rotatable bonds is 5. The molecule has 2 aliphatic carbocycles. The van der Waals surface area contributed by atoms with Crippen molar-refractivity contribution in [3.05, 3.63) is 18.1 Å². The highest BCUT2D eigenvalue weighted by Crippen LogP contribution is 2.39. The summed E-state index contributed by atoms with van der Waals surface area (Å²) in [5, 5.41) is 3.47. The third-order valence-corrected chi connectivity index (χ3v) is 4.45. The van der Waals surface area contributed by atoms with Crippen molar-refractivity contribution in [3.63, 3.8) is 0 Å². The van der Waals surface area contributed by atoms with Gasteiger partial charge in [-0.3, -0.25) is 4.98 Å². The van der Waals surface area contributed by atoms with E-state index in [2.05, 4.69) is 36.1 Å². The molecule has 2 atom stereocenters. The standard InChI is InChI=1S/C17H27N3O/c1-12-6-15(8-17(2,3)7-12)21-16-11-18-9-14(20-16)10-19-13-4-5-13/h9,11-13,15,19H,4-8,10H2,1-3H3. The average molecular weight is 289 g/mol. The monoisotopic (exact) mass is 289 g/mol. The first kappa shape index (κ1) is 14.8. The Balaban J connectivity index is 1.59. The SMILES string of the molecule is CC1CC(Oc2cncc(CNC3CC3)n2)CC(C)(C)C1. The molecule has 21 heavy (non-hydrogen) atoms. The summed E-state index contributed by atoms with van der Waals surface area (Å²) in [6.45, 7) is 7.78. The van der Waals surface area contributed by atoms with Crippen LogP contribution >= 0.6 is 0 Å². The van der Waals surface area contributed by atoms with Crippen LogP contribution in [-0.2, 0) is 6.54 Å². The first-order valence-electron chi connectivity index (χ1n) is 8.21. The van der Waals surface area contributed by atoms with E-state index in [4.69, 9.17) is 4.74 Å². The topological polar surface area (TPSA) is 47.0 Å². The molecule has 2 fully saturated rings. The number of aromatic nitrogens is 2. The second-order valence-corrected chi connectivity index (χ2v) is 7.66. The predicted molar refractivity (Wildman–Crippen MR) is 83.1 cm³/mol. The lowest BCUT2D eigenvalue weighted by Crippen LogP contribution is -2.34. The van der Waals surface area contributed by atoms with E-state index in [-0.39, 0.29) is 6.10 Å². The smallest absolute Gasteiger partial charge is 0.232 e. The zero-order chi connectivity index (χ0) is 14.9. The van der Waals surface area contributed by atoms with Crippen LogP contribution in [0.3, 0.4) is 0 Å². The van der Waals surface area contributed by atoms with Gasteiger partial charge in [0.1, 0.15) is 6.10 Å². The highest BCUT2D eigenvalue weighted by molar-refractivity contribution is 5.09. The highest BCUT2D eigenvalue weighted by Gasteiger charge is 2.33. The van der Waals surface area contributed by atoms with Gasteiger partial charge >= 0.3 is 0 Å². The summed E-state index contributed by atoms with van der Waals surface area (Å²) in [4.78, 5) is 8.87. The molecule has 116 valence electrons. The van der Waals surface area contributed by atoms with Crippen molar-refractivity contribution in [1.82, 2.24) is 15.3 Å². The summed E-state index contributed by atoms with van der Waals surface area (Å²) in [7, 11) is 0. The van der Waals surface area contributed by atoms with Gasteiger partial charge in [-0.05, 0) is 43.4 Å². The zero-order valence-corrected chi connectivity index (χ0v) is 13.4. The molecule has 4 nitrogen and oxygen atoms in total. The molecule has 1 aromatic heterocycles. The van der Waals surface area contributed by atoms with Gasteiger partial charge in [-0.1, -0.05) is 20.8 Å². The van der Waals surface area contributed by atoms with E-state index in [0.717, 1.165) is 25.1 Å². The second-order valence-electron chi connectivity index (χ2n) is 7.66. The summed E-state index contributed by atoms with van der Waals surface area (Å²) < 4.78 is 6.12. The minimum absolute atomic E-state index is 0.268. The largest absolute Gasteiger partial charge is 0.473 e. The van der Waals surface area contributed by atoms with Crippen molar-refractivity contribution in [2.45, 2.75) is 71.6 Å². The van der Waals surface area contributed by atoms with Crippen molar-refractivity contribution in [2.75, 3.05) is 0 Å². The maximum Gasteiger partial charge on any atom is 0.232 e. The van der Waals surface area contributed by atoms with Crippen LogP contribution in [0.5, 0.6) is 5.88 Å². The minimum atomic E-state index is 0.268. The van der Waals surface area contributed by atoms with Crippen LogP contribution < -0.4 is 10.1 Å². The molecule has 3 rings (SSSR count). The van der Waals surface area contributed by atoms with Gasteiger partial charge in [-0.2, -0.15) is 0 Å². The maximum absolute atomic E-state index is 6.12. The molecule has 1 N–H and O–H groups in total. The first-order valence-corrected chi connectivity index (χ1v) is 8.21. The van der Waals surface area contributed by atoms with Gasteiger partial charge < -0.3 is 10.1 Å². The number of hydrogen-bond acceptors (Lipinski definition) is 4.